The van der Waals surface area contributed by atoms with Gasteiger partial charge in [0.25, 0.3) is 0 Å². The Hall–Kier alpha value is -4.85. The molecule has 2 aliphatic heterocycles. The van der Waals surface area contributed by atoms with Crippen molar-refractivity contribution in [2.24, 2.45) is 29.1 Å². The highest BCUT2D eigenvalue weighted by molar-refractivity contribution is 9.13. The van der Waals surface area contributed by atoms with Gasteiger partial charge < -0.3 is 14.3 Å². The molecule has 9 rings (SSSR count). The third-order valence-corrected chi connectivity index (χ3v) is 14.3. The van der Waals surface area contributed by atoms with Crippen LogP contribution in [-0.2, 0) is 19.2 Å². The lowest BCUT2D eigenvalue weighted by atomic mass is 9.51. The maximum atomic E-state index is 14.8. The van der Waals surface area contributed by atoms with E-state index >= 15 is 0 Å². The Balaban J connectivity index is 1.13. The number of nitrogens with zero attached hydrogens (tertiary/aromatic N) is 3. The van der Waals surface area contributed by atoms with Crippen molar-refractivity contribution in [1.82, 2.24) is 4.98 Å². The zero-order valence-electron chi connectivity index (χ0n) is 29.1. The Bertz CT molecular complexity index is 2530. The van der Waals surface area contributed by atoms with Crippen molar-refractivity contribution in [3.8, 4) is 23.0 Å². The van der Waals surface area contributed by atoms with Gasteiger partial charge in [0.1, 0.15) is 11.3 Å². The smallest absolute Gasteiger partial charge is 0.241 e. The van der Waals surface area contributed by atoms with E-state index in [1.165, 1.54) is 24.1 Å². The van der Waals surface area contributed by atoms with Gasteiger partial charge in [-0.1, -0.05) is 35.4 Å². The molecule has 5 aromatic rings. The van der Waals surface area contributed by atoms with Crippen LogP contribution in [0.25, 0.3) is 22.6 Å². The van der Waals surface area contributed by atoms with Crippen LogP contribution in [0.3, 0.4) is 0 Å². The summed E-state index contributed by atoms with van der Waals surface area (Å²) < 4.78 is 26.4. The van der Waals surface area contributed by atoms with Crippen molar-refractivity contribution >= 4 is 89.6 Å². The third-order valence-electron chi connectivity index (χ3n) is 11.8. The molecule has 2 saturated heterocycles. The Morgan fingerprint density at radius 3 is 2.36 bits per heavy atom. The molecular weight excluding hydrogens is 861 g/mol. The van der Waals surface area contributed by atoms with Crippen molar-refractivity contribution < 1.29 is 37.8 Å². The molecule has 0 bridgehead atoms. The molecule has 6 atom stereocenters. The summed E-state index contributed by atoms with van der Waals surface area (Å²) in [6.07, 6.45) is 2.26. The van der Waals surface area contributed by atoms with Crippen molar-refractivity contribution in [2.75, 3.05) is 16.9 Å². The largest absolute Gasteiger partial charge is 0.503 e. The standard InChI is InChI=1S/C41H29Br2ClFN3O7/c1-41-25(38(51)48(40(41)53)20-11-14-27(45)26(44)15-20)16-23-21(32(41)24-17-30(54-2)35(49)34(43)33(24)42)12-13-22-31(23)39(52)47(37(22)50)19-9-7-18(8-10-19)36-46-28-5-3-4-6-29(28)55-36/h3-12,14-15,17,22-23,25,31-32,49H,13,16H2,1-2H3. The molecule has 2 aliphatic carbocycles. The SMILES string of the molecule is COc1cc(C2C3=CCC4C(=O)N(c5ccc(-c6nc7ccccc7o6)cc5)C(=O)C4C3CC3C(=O)N(c4ccc(F)c(Cl)c4)C(=O)C32C)c(Br)c(Br)c1O. The number of methoxy groups -OCH3 is 1. The van der Waals surface area contributed by atoms with Gasteiger partial charge in [-0.3, -0.25) is 24.1 Å². The fourth-order valence-corrected chi connectivity index (χ4v) is 10.3. The van der Waals surface area contributed by atoms with E-state index in [9.17, 15) is 28.7 Å². The highest BCUT2D eigenvalue weighted by atomic mass is 79.9. The van der Waals surface area contributed by atoms with Gasteiger partial charge in [0.05, 0.1) is 51.1 Å². The molecule has 55 heavy (non-hydrogen) atoms. The number of carbonyl (C=O) groups is 4. The van der Waals surface area contributed by atoms with Crippen LogP contribution in [0.1, 0.15) is 31.2 Å². The minimum absolute atomic E-state index is 0.105. The van der Waals surface area contributed by atoms with Gasteiger partial charge in [-0.25, -0.2) is 14.3 Å². The van der Waals surface area contributed by atoms with Crippen LogP contribution in [0, 0.1) is 34.9 Å². The second kappa shape index (κ2) is 12.9. The van der Waals surface area contributed by atoms with E-state index in [1.54, 1.807) is 37.3 Å². The Labute approximate surface area is 335 Å². The summed E-state index contributed by atoms with van der Waals surface area (Å²) in [6.45, 7) is 1.73. The number of benzene rings is 4. The summed E-state index contributed by atoms with van der Waals surface area (Å²) >= 11 is 13.2. The van der Waals surface area contributed by atoms with Crippen LogP contribution in [0.2, 0.25) is 5.02 Å². The first-order valence-electron chi connectivity index (χ1n) is 17.5. The quantitative estimate of drug-likeness (QED) is 0.137. The number of anilines is 2. The number of hydrogen-bond donors (Lipinski definition) is 1. The first-order chi connectivity index (χ1) is 26.3. The molecule has 278 valence electrons. The van der Waals surface area contributed by atoms with Crippen molar-refractivity contribution in [1.29, 1.82) is 0 Å². The first-order valence-corrected chi connectivity index (χ1v) is 19.4. The van der Waals surface area contributed by atoms with Crippen molar-refractivity contribution in [3.63, 3.8) is 0 Å². The van der Waals surface area contributed by atoms with E-state index in [1.807, 2.05) is 30.3 Å². The molecule has 0 radical (unpaired) electrons. The van der Waals surface area contributed by atoms with Gasteiger partial charge in [0.2, 0.25) is 29.5 Å². The summed E-state index contributed by atoms with van der Waals surface area (Å²) in [7, 11) is 1.40. The highest BCUT2D eigenvalue weighted by Crippen LogP contribution is 2.65. The lowest BCUT2D eigenvalue weighted by molar-refractivity contribution is -0.131. The van der Waals surface area contributed by atoms with Crippen LogP contribution < -0.4 is 14.5 Å². The Morgan fingerprint density at radius 2 is 1.65 bits per heavy atom. The summed E-state index contributed by atoms with van der Waals surface area (Å²) in [5.74, 6) is -6.04. The van der Waals surface area contributed by atoms with Crippen LogP contribution in [-0.4, -0.2) is 40.8 Å². The normalized spacial score (nSPS) is 26.0. The maximum absolute atomic E-state index is 14.8. The number of ether oxygens (including phenoxy) is 1. The predicted octanol–water partition coefficient (Wildman–Crippen LogP) is 8.96. The number of carbonyl (C=O) groups excluding carboxylic acids is 4. The fourth-order valence-electron chi connectivity index (χ4n) is 9.21. The molecular formula is C41H29Br2ClFN3O7. The molecule has 1 N–H and O–H groups in total. The highest BCUT2D eigenvalue weighted by Gasteiger charge is 2.68. The minimum Gasteiger partial charge on any atom is -0.503 e. The fraction of sp³-hybridized carbons (Fsp3) is 0.244. The predicted molar refractivity (Wildman–Crippen MR) is 208 cm³/mol. The number of imide groups is 2. The average Bonchev–Trinajstić information content (AvgIpc) is 3.79. The zero-order valence-corrected chi connectivity index (χ0v) is 33.0. The number of aromatic hydroxyl groups is 1. The minimum atomic E-state index is -1.41. The summed E-state index contributed by atoms with van der Waals surface area (Å²) in [5.41, 5.74) is 2.38. The molecule has 4 amide bonds. The molecule has 4 aliphatic rings. The number of rotatable bonds is 5. The third kappa shape index (κ3) is 5.12. The van der Waals surface area contributed by atoms with Gasteiger partial charge in [0.15, 0.2) is 17.1 Å². The van der Waals surface area contributed by atoms with Crippen LogP contribution in [0.5, 0.6) is 11.5 Å². The zero-order chi connectivity index (χ0) is 38.7. The number of phenols is 1. The molecule has 4 aromatic carbocycles. The summed E-state index contributed by atoms with van der Waals surface area (Å²) in [5, 5.41) is 10.6. The molecule has 3 fully saturated rings. The molecule has 10 nitrogen and oxygen atoms in total. The van der Waals surface area contributed by atoms with E-state index in [4.69, 9.17) is 20.8 Å². The van der Waals surface area contributed by atoms with Crippen molar-refractivity contribution in [3.05, 3.63) is 110 Å². The number of para-hydroxylation sites is 2. The van der Waals surface area contributed by atoms with E-state index in [0.29, 0.717) is 38.3 Å². The number of amides is 4. The number of oxazole rings is 1. The van der Waals surface area contributed by atoms with Crippen LogP contribution in [0.4, 0.5) is 15.8 Å². The van der Waals surface area contributed by atoms with Crippen molar-refractivity contribution in [2.45, 2.75) is 25.7 Å². The van der Waals surface area contributed by atoms with Crippen LogP contribution in [0.15, 0.2) is 97.8 Å². The van der Waals surface area contributed by atoms with E-state index in [-0.39, 0.29) is 45.4 Å². The van der Waals surface area contributed by atoms with Gasteiger partial charge in [-0.15, -0.1) is 0 Å². The van der Waals surface area contributed by atoms with Gasteiger partial charge in [-0.05, 0) is 124 Å². The molecule has 0 spiro atoms. The average molecular weight is 890 g/mol. The molecule has 1 aromatic heterocycles. The Kier molecular flexibility index (Phi) is 8.37. The number of phenolic OH excluding ortho intramolecular Hbond substituents is 1. The molecule has 1 saturated carbocycles. The van der Waals surface area contributed by atoms with Gasteiger partial charge in [0, 0.05) is 16.0 Å². The molecule has 14 heteroatoms. The molecule has 3 heterocycles. The van der Waals surface area contributed by atoms with E-state index in [2.05, 4.69) is 36.8 Å². The van der Waals surface area contributed by atoms with E-state index < -0.39 is 58.5 Å². The van der Waals surface area contributed by atoms with Crippen LogP contribution >= 0.6 is 43.5 Å². The van der Waals surface area contributed by atoms with Gasteiger partial charge in [-0.2, -0.15) is 0 Å². The lowest BCUT2D eigenvalue weighted by Crippen LogP contribution is -2.49. The Morgan fingerprint density at radius 1 is 0.927 bits per heavy atom. The first kappa shape index (κ1) is 35.8. The summed E-state index contributed by atoms with van der Waals surface area (Å²) in [6, 6.07) is 19.6. The number of allylic oxidation sites excluding steroid dienone is 2. The van der Waals surface area contributed by atoms with Gasteiger partial charge >= 0.3 is 0 Å². The second-order valence-electron chi connectivity index (χ2n) is 14.4. The lowest BCUT2D eigenvalue weighted by Gasteiger charge is -2.49. The number of hydrogen-bond acceptors (Lipinski definition) is 8. The number of fused-ring (bicyclic) bond motifs is 5. The summed E-state index contributed by atoms with van der Waals surface area (Å²) in [4.78, 5) is 65.0. The molecule has 6 unspecified atom stereocenters. The maximum Gasteiger partial charge on any atom is 0.241 e. The number of aromatic nitrogens is 1. The monoisotopic (exact) mass is 887 g/mol. The number of halogens is 4. The van der Waals surface area contributed by atoms with E-state index in [0.717, 1.165) is 16.5 Å². The second-order valence-corrected chi connectivity index (χ2v) is 16.4. The topological polar surface area (TPSA) is 130 Å².